The highest BCUT2D eigenvalue weighted by Gasteiger charge is 2.13. The number of aromatic nitrogens is 2. The summed E-state index contributed by atoms with van der Waals surface area (Å²) in [6, 6.07) is 16.3. The molecule has 3 rings (SSSR count). The van der Waals surface area contributed by atoms with Gasteiger partial charge in [0.15, 0.2) is 0 Å². The molecule has 0 spiro atoms. The van der Waals surface area contributed by atoms with Gasteiger partial charge in [-0.05, 0) is 43.3 Å². The fourth-order valence-corrected chi connectivity index (χ4v) is 2.40. The molecule has 0 saturated heterocycles. The number of hydrogen-bond donors (Lipinski definition) is 2. The van der Waals surface area contributed by atoms with Gasteiger partial charge in [-0.2, -0.15) is 0 Å². The van der Waals surface area contributed by atoms with Crippen molar-refractivity contribution in [2.45, 2.75) is 6.92 Å². The second kappa shape index (κ2) is 7.48. The van der Waals surface area contributed by atoms with Gasteiger partial charge in [-0.1, -0.05) is 35.9 Å². The quantitative estimate of drug-likeness (QED) is 0.711. The van der Waals surface area contributed by atoms with Crippen LogP contribution < -0.4 is 11.2 Å². The molecule has 6 nitrogen and oxygen atoms in total. The van der Waals surface area contributed by atoms with Crippen molar-refractivity contribution < 1.29 is 5.11 Å². The molecule has 0 aliphatic carbocycles. The predicted molar refractivity (Wildman–Crippen MR) is 103 cm³/mol. The Hall–Kier alpha value is -3.67. The van der Waals surface area contributed by atoms with Crippen molar-refractivity contribution in [1.29, 1.82) is 0 Å². The fraction of sp³-hybridized carbons (Fsp3) is 0.0500. The molecule has 0 bridgehead atoms. The van der Waals surface area contributed by atoms with Gasteiger partial charge in [-0.3, -0.25) is 14.8 Å². The van der Waals surface area contributed by atoms with Crippen LogP contribution in [-0.2, 0) is 0 Å². The summed E-state index contributed by atoms with van der Waals surface area (Å²) in [5.41, 5.74) is 0.848. The molecule has 0 amide bonds. The molecule has 2 N–H and O–H groups in total. The lowest BCUT2D eigenvalue weighted by Crippen LogP contribution is -2.30. The third-order valence-electron chi connectivity index (χ3n) is 3.74. The molecule has 0 aliphatic heterocycles. The van der Waals surface area contributed by atoms with E-state index in [-0.39, 0.29) is 5.56 Å². The van der Waals surface area contributed by atoms with Crippen LogP contribution in [0.3, 0.4) is 0 Å². The van der Waals surface area contributed by atoms with Crippen LogP contribution in [0.15, 0.2) is 75.3 Å². The van der Waals surface area contributed by atoms with E-state index in [4.69, 9.17) is 0 Å². The Morgan fingerprint density at radius 3 is 2.42 bits per heavy atom. The highest BCUT2D eigenvalue weighted by atomic mass is 16.3. The zero-order valence-corrected chi connectivity index (χ0v) is 14.1. The van der Waals surface area contributed by atoms with Crippen LogP contribution in [-0.4, -0.2) is 20.9 Å². The Kier molecular flexibility index (Phi) is 4.94. The number of para-hydroxylation sites is 1. The lowest BCUT2D eigenvalue weighted by atomic mass is 10.2. The molecular weight excluding hydrogens is 330 g/mol. The largest absolute Gasteiger partial charge is 0.494 e. The van der Waals surface area contributed by atoms with Crippen molar-refractivity contribution in [1.82, 2.24) is 9.55 Å². The molecular formula is C20H17N3O3. The molecule has 26 heavy (non-hydrogen) atoms. The summed E-state index contributed by atoms with van der Waals surface area (Å²) in [4.78, 5) is 30.6. The zero-order chi connectivity index (χ0) is 18.5. The van der Waals surface area contributed by atoms with Crippen LogP contribution in [0.2, 0.25) is 0 Å². The third kappa shape index (κ3) is 3.70. The minimum atomic E-state index is -0.702. The average molecular weight is 347 g/mol. The summed E-state index contributed by atoms with van der Waals surface area (Å²) >= 11 is 0. The molecule has 6 heteroatoms. The van der Waals surface area contributed by atoms with Gasteiger partial charge in [0.25, 0.3) is 5.56 Å². The minimum absolute atomic E-state index is 0.0234. The second-order valence-corrected chi connectivity index (χ2v) is 5.64. The number of nitrogens with one attached hydrogen (secondary N) is 1. The molecule has 0 atom stereocenters. The van der Waals surface area contributed by atoms with Crippen LogP contribution in [0.5, 0.6) is 5.88 Å². The molecule has 3 aromatic rings. The van der Waals surface area contributed by atoms with E-state index in [9.17, 15) is 14.7 Å². The molecule has 0 saturated carbocycles. The minimum Gasteiger partial charge on any atom is -0.494 e. The zero-order valence-electron chi connectivity index (χ0n) is 14.1. The Labute approximate surface area is 149 Å². The molecule has 1 heterocycles. The molecule has 0 fully saturated rings. The normalized spacial score (nSPS) is 11.4. The Morgan fingerprint density at radius 2 is 1.73 bits per heavy atom. The van der Waals surface area contributed by atoms with Crippen LogP contribution >= 0.6 is 0 Å². The van der Waals surface area contributed by atoms with Gasteiger partial charge in [-0.25, -0.2) is 9.36 Å². The summed E-state index contributed by atoms with van der Waals surface area (Å²) in [5, 5.41) is 10.4. The Morgan fingerprint density at radius 1 is 1.04 bits per heavy atom. The van der Waals surface area contributed by atoms with Gasteiger partial charge in [0.1, 0.15) is 5.56 Å². The van der Waals surface area contributed by atoms with Crippen LogP contribution in [0, 0.1) is 6.92 Å². The van der Waals surface area contributed by atoms with Crippen molar-refractivity contribution in [3.8, 4) is 11.6 Å². The maximum Gasteiger partial charge on any atom is 0.335 e. The number of hydrogen-bond acceptors (Lipinski definition) is 4. The smallest absolute Gasteiger partial charge is 0.335 e. The number of nitrogens with zero attached hydrogens (tertiary/aromatic N) is 2. The van der Waals surface area contributed by atoms with Crippen molar-refractivity contribution >= 4 is 18.0 Å². The molecule has 0 radical (unpaired) electrons. The van der Waals surface area contributed by atoms with Crippen molar-refractivity contribution in [2.75, 3.05) is 0 Å². The first-order valence-corrected chi connectivity index (χ1v) is 7.97. The number of aliphatic imine (C=N–C) groups is 1. The third-order valence-corrected chi connectivity index (χ3v) is 3.74. The molecule has 0 aliphatic rings. The number of aromatic hydroxyl groups is 1. The first-order chi connectivity index (χ1) is 12.6. The van der Waals surface area contributed by atoms with Gasteiger partial charge in [-0.15, -0.1) is 0 Å². The highest BCUT2D eigenvalue weighted by Crippen LogP contribution is 2.17. The lowest BCUT2D eigenvalue weighted by Gasteiger charge is -2.09. The summed E-state index contributed by atoms with van der Waals surface area (Å²) in [7, 11) is 0. The number of aryl methyl sites for hydroxylation is 1. The SMILES string of the molecule is Cc1ccc(-n2c(O)c(/C=C\C=Nc3ccccc3)c(=O)[nH]c2=O)cc1. The van der Waals surface area contributed by atoms with Crippen molar-refractivity contribution in [3.63, 3.8) is 0 Å². The first kappa shape index (κ1) is 17.2. The second-order valence-electron chi connectivity index (χ2n) is 5.64. The topological polar surface area (TPSA) is 87.4 Å². The number of rotatable bonds is 4. The summed E-state index contributed by atoms with van der Waals surface area (Å²) in [6.45, 7) is 1.92. The van der Waals surface area contributed by atoms with Gasteiger partial charge in [0, 0.05) is 6.21 Å². The number of allylic oxidation sites excluding steroid dienone is 1. The van der Waals surface area contributed by atoms with E-state index in [1.807, 2.05) is 49.4 Å². The molecule has 130 valence electrons. The van der Waals surface area contributed by atoms with Crippen molar-refractivity contribution in [2.24, 2.45) is 4.99 Å². The number of H-pyrrole nitrogens is 1. The first-order valence-electron chi connectivity index (χ1n) is 7.97. The standard InChI is InChI=1S/C20H17N3O3/c1-14-9-11-16(12-10-14)23-19(25)17(18(24)22-20(23)26)8-5-13-21-15-6-3-2-4-7-15/h2-13,25H,1H3,(H,22,24,26)/b8-5-,21-13?. The van der Waals surface area contributed by atoms with Gasteiger partial charge < -0.3 is 5.11 Å². The monoisotopic (exact) mass is 347 g/mol. The van der Waals surface area contributed by atoms with E-state index in [0.717, 1.165) is 15.8 Å². The summed E-state index contributed by atoms with van der Waals surface area (Å²) in [6.07, 6.45) is 4.45. The van der Waals surface area contributed by atoms with E-state index in [0.29, 0.717) is 5.69 Å². The van der Waals surface area contributed by atoms with Crippen LogP contribution in [0.4, 0.5) is 5.69 Å². The van der Waals surface area contributed by atoms with E-state index in [2.05, 4.69) is 9.98 Å². The maximum absolute atomic E-state index is 12.1. The molecule has 0 unspecified atom stereocenters. The predicted octanol–water partition coefficient (Wildman–Crippen LogP) is 2.96. The summed E-state index contributed by atoms with van der Waals surface area (Å²) < 4.78 is 1.05. The van der Waals surface area contributed by atoms with E-state index in [1.165, 1.54) is 18.4 Å². The van der Waals surface area contributed by atoms with E-state index < -0.39 is 17.1 Å². The Balaban J connectivity index is 1.97. The molecule has 2 aromatic carbocycles. The van der Waals surface area contributed by atoms with E-state index >= 15 is 0 Å². The van der Waals surface area contributed by atoms with Gasteiger partial charge >= 0.3 is 5.69 Å². The lowest BCUT2D eigenvalue weighted by molar-refractivity contribution is 0.429. The number of benzene rings is 2. The van der Waals surface area contributed by atoms with Gasteiger partial charge in [0.2, 0.25) is 5.88 Å². The summed E-state index contributed by atoms with van der Waals surface area (Å²) in [5.74, 6) is -0.424. The van der Waals surface area contributed by atoms with Crippen LogP contribution in [0.1, 0.15) is 11.1 Å². The van der Waals surface area contributed by atoms with Crippen LogP contribution in [0.25, 0.3) is 11.8 Å². The maximum atomic E-state index is 12.1. The van der Waals surface area contributed by atoms with Gasteiger partial charge in [0.05, 0.1) is 11.4 Å². The highest BCUT2D eigenvalue weighted by molar-refractivity contribution is 5.81. The van der Waals surface area contributed by atoms with Crippen molar-refractivity contribution in [3.05, 3.63) is 92.6 Å². The average Bonchev–Trinajstić information content (AvgIpc) is 2.63. The fourth-order valence-electron chi connectivity index (χ4n) is 2.40. The number of aromatic amines is 1. The Bertz CT molecular complexity index is 1080. The molecule has 1 aromatic heterocycles. The van der Waals surface area contributed by atoms with E-state index in [1.54, 1.807) is 12.1 Å².